The maximum absolute atomic E-state index is 5.43. The first-order valence-electron chi connectivity index (χ1n) is 6.93. The predicted molar refractivity (Wildman–Crippen MR) is 82.1 cm³/mol. The van der Waals surface area contributed by atoms with E-state index in [1.165, 1.54) is 16.7 Å². The molecule has 2 aromatic rings. The Morgan fingerprint density at radius 2 is 1.90 bits per heavy atom. The van der Waals surface area contributed by atoms with Crippen molar-refractivity contribution >= 4 is 5.69 Å². The van der Waals surface area contributed by atoms with Crippen molar-refractivity contribution in [2.24, 2.45) is 0 Å². The number of fused-ring (bicyclic) bond motifs is 1. The number of para-hydroxylation sites is 2. The normalized spacial score (nSPS) is 13.1. The van der Waals surface area contributed by atoms with Crippen LogP contribution < -0.4 is 15.0 Å². The van der Waals surface area contributed by atoms with Gasteiger partial charge in [0.2, 0.25) is 0 Å². The number of methoxy groups -OCH3 is 1. The van der Waals surface area contributed by atoms with Crippen molar-refractivity contribution in [1.82, 2.24) is 5.32 Å². The van der Waals surface area contributed by atoms with Gasteiger partial charge in [-0.05, 0) is 28.8 Å². The Labute approximate surface area is 120 Å². The number of rotatable bonds is 4. The summed E-state index contributed by atoms with van der Waals surface area (Å²) < 4.78 is 5.43. The van der Waals surface area contributed by atoms with Crippen LogP contribution in [0.5, 0.6) is 5.75 Å². The molecule has 0 saturated carbocycles. The molecule has 0 bridgehead atoms. The summed E-state index contributed by atoms with van der Waals surface area (Å²) in [5.41, 5.74) is 5.30. The molecule has 0 radical (unpaired) electrons. The summed E-state index contributed by atoms with van der Waals surface area (Å²) in [5, 5.41) is 3.38. The second kappa shape index (κ2) is 5.55. The molecule has 3 heteroatoms. The molecule has 0 amide bonds. The molecule has 1 aliphatic rings. The van der Waals surface area contributed by atoms with E-state index in [4.69, 9.17) is 4.74 Å². The smallest absolute Gasteiger partial charge is 0.142 e. The Morgan fingerprint density at radius 3 is 2.75 bits per heavy atom. The zero-order valence-electron chi connectivity index (χ0n) is 12.0. The highest BCUT2D eigenvalue weighted by molar-refractivity contribution is 5.58. The van der Waals surface area contributed by atoms with E-state index in [-0.39, 0.29) is 0 Å². The van der Waals surface area contributed by atoms with Crippen LogP contribution in [-0.2, 0) is 19.6 Å². The molecule has 3 nitrogen and oxygen atoms in total. The number of hydrogen-bond donors (Lipinski definition) is 1. The van der Waals surface area contributed by atoms with Crippen molar-refractivity contribution in [1.29, 1.82) is 0 Å². The number of ether oxygens (including phenoxy) is 1. The third kappa shape index (κ3) is 2.49. The summed E-state index contributed by atoms with van der Waals surface area (Å²) in [6.45, 7) is 2.87. The lowest BCUT2D eigenvalue weighted by atomic mass is 10.1. The fourth-order valence-corrected chi connectivity index (χ4v) is 2.75. The Morgan fingerprint density at radius 1 is 1.10 bits per heavy atom. The van der Waals surface area contributed by atoms with Gasteiger partial charge in [-0.25, -0.2) is 0 Å². The van der Waals surface area contributed by atoms with E-state index in [1.807, 2.05) is 18.2 Å². The molecule has 0 unspecified atom stereocenters. The molecular formula is C17H20N2O. The van der Waals surface area contributed by atoms with Gasteiger partial charge in [-0.15, -0.1) is 0 Å². The van der Waals surface area contributed by atoms with Crippen molar-refractivity contribution < 1.29 is 4.74 Å². The molecule has 3 rings (SSSR count). The standard InChI is InChI=1S/C17H20N2O/c1-19(16-5-3-4-6-17(16)20-2)12-13-7-8-14-10-18-11-15(14)9-13/h3-9,18H,10-12H2,1-2H3. The topological polar surface area (TPSA) is 24.5 Å². The van der Waals surface area contributed by atoms with Gasteiger partial charge >= 0.3 is 0 Å². The molecular weight excluding hydrogens is 248 g/mol. The van der Waals surface area contributed by atoms with Crippen LogP contribution in [0.3, 0.4) is 0 Å². The predicted octanol–water partition coefficient (Wildman–Crippen LogP) is 2.93. The Hall–Kier alpha value is -2.00. The van der Waals surface area contributed by atoms with Crippen LogP contribution in [-0.4, -0.2) is 14.2 Å². The fourth-order valence-electron chi connectivity index (χ4n) is 2.75. The monoisotopic (exact) mass is 268 g/mol. The average molecular weight is 268 g/mol. The van der Waals surface area contributed by atoms with Gasteiger partial charge in [-0.1, -0.05) is 30.3 Å². The zero-order valence-corrected chi connectivity index (χ0v) is 12.0. The summed E-state index contributed by atoms with van der Waals surface area (Å²) in [4.78, 5) is 2.23. The summed E-state index contributed by atoms with van der Waals surface area (Å²) >= 11 is 0. The van der Waals surface area contributed by atoms with Gasteiger partial charge < -0.3 is 15.0 Å². The molecule has 0 aliphatic carbocycles. The number of hydrogen-bond acceptors (Lipinski definition) is 3. The van der Waals surface area contributed by atoms with E-state index in [9.17, 15) is 0 Å². The molecule has 104 valence electrons. The van der Waals surface area contributed by atoms with E-state index in [0.717, 1.165) is 31.1 Å². The summed E-state index contributed by atoms with van der Waals surface area (Å²) in [5.74, 6) is 0.915. The van der Waals surface area contributed by atoms with Gasteiger partial charge in [0.1, 0.15) is 5.75 Å². The zero-order chi connectivity index (χ0) is 13.9. The third-order valence-corrected chi connectivity index (χ3v) is 3.82. The minimum absolute atomic E-state index is 0.883. The minimum Gasteiger partial charge on any atom is -0.495 e. The number of anilines is 1. The Bertz CT molecular complexity index is 610. The van der Waals surface area contributed by atoms with Crippen LogP contribution in [0, 0.1) is 0 Å². The first kappa shape index (κ1) is 13.0. The van der Waals surface area contributed by atoms with Gasteiger partial charge in [0.15, 0.2) is 0 Å². The molecule has 20 heavy (non-hydrogen) atoms. The summed E-state index contributed by atoms with van der Waals surface area (Å²) in [7, 11) is 3.82. The lowest BCUT2D eigenvalue weighted by Crippen LogP contribution is -2.17. The second-order valence-electron chi connectivity index (χ2n) is 5.23. The van der Waals surface area contributed by atoms with Gasteiger partial charge in [0.25, 0.3) is 0 Å². The lowest BCUT2D eigenvalue weighted by Gasteiger charge is -2.22. The van der Waals surface area contributed by atoms with Crippen molar-refractivity contribution in [2.75, 3.05) is 19.1 Å². The van der Waals surface area contributed by atoms with E-state index in [0.29, 0.717) is 0 Å². The summed E-state index contributed by atoms with van der Waals surface area (Å²) in [6, 6.07) is 14.9. The molecule has 0 fully saturated rings. The lowest BCUT2D eigenvalue weighted by molar-refractivity contribution is 0.415. The van der Waals surface area contributed by atoms with Crippen LogP contribution in [0.15, 0.2) is 42.5 Å². The Kier molecular flexibility index (Phi) is 3.61. The van der Waals surface area contributed by atoms with Gasteiger partial charge in [-0.2, -0.15) is 0 Å². The molecule has 0 aromatic heterocycles. The van der Waals surface area contributed by atoms with E-state index in [1.54, 1.807) is 7.11 Å². The number of benzene rings is 2. The van der Waals surface area contributed by atoms with E-state index < -0.39 is 0 Å². The number of nitrogens with one attached hydrogen (secondary N) is 1. The fraction of sp³-hybridized carbons (Fsp3) is 0.294. The van der Waals surface area contributed by atoms with Crippen molar-refractivity contribution in [3.8, 4) is 5.75 Å². The largest absolute Gasteiger partial charge is 0.495 e. The van der Waals surface area contributed by atoms with Crippen LogP contribution in [0.4, 0.5) is 5.69 Å². The van der Waals surface area contributed by atoms with Crippen LogP contribution >= 0.6 is 0 Å². The van der Waals surface area contributed by atoms with E-state index in [2.05, 4.69) is 41.5 Å². The van der Waals surface area contributed by atoms with Crippen molar-refractivity contribution in [3.63, 3.8) is 0 Å². The molecule has 2 aromatic carbocycles. The van der Waals surface area contributed by atoms with Crippen LogP contribution in [0.2, 0.25) is 0 Å². The highest BCUT2D eigenvalue weighted by Crippen LogP contribution is 2.28. The highest BCUT2D eigenvalue weighted by Gasteiger charge is 2.12. The Balaban J connectivity index is 1.80. The minimum atomic E-state index is 0.883. The third-order valence-electron chi connectivity index (χ3n) is 3.82. The van der Waals surface area contributed by atoms with Gasteiger partial charge in [-0.3, -0.25) is 0 Å². The van der Waals surface area contributed by atoms with Gasteiger partial charge in [0.05, 0.1) is 12.8 Å². The molecule has 1 N–H and O–H groups in total. The summed E-state index contributed by atoms with van der Waals surface area (Å²) in [6.07, 6.45) is 0. The molecule has 0 spiro atoms. The average Bonchev–Trinajstić information content (AvgIpc) is 2.94. The first-order valence-corrected chi connectivity index (χ1v) is 6.93. The molecule has 1 heterocycles. The SMILES string of the molecule is COc1ccccc1N(C)Cc1ccc2c(c1)CNC2. The molecule has 1 aliphatic heterocycles. The highest BCUT2D eigenvalue weighted by atomic mass is 16.5. The van der Waals surface area contributed by atoms with E-state index >= 15 is 0 Å². The quantitative estimate of drug-likeness (QED) is 0.922. The maximum Gasteiger partial charge on any atom is 0.142 e. The van der Waals surface area contributed by atoms with Crippen LogP contribution in [0.25, 0.3) is 0 Å². The van der Waals surface area contributed by atoms with Crippen LogP contribution in [0.1, 0.15) is 16.7 Å². The second-order valence-corrected chi connectivity index (χ2v) is 5.23. The first-order chi connectivity index (χ1) is 9.78. The molecule has 0 atom stereocenters. The maximum atomic E-state index is 5.43. The van der Waals surface area contributed by atoms with Crippen molar-refractivity contribution in [3.05, 3.63) is 59.2 Å². The van der Waals surface area contributed by atoms with Crippen molar-refractivity contribution in [2.45, 2.75) is 19.6 Å². The molecule has 0 saturated heterocycles. The van der Waals surface area contributed by atoms with Gasteiger partial charge in [0, 0.05) is 26.7 Å². The number of nitrogens with zero attached hydrogens (tertiary/aromatic N) is 1.